The molecular formula is C12H12N2O2S3. The van der Waals surface area contributed by atoms with Crippen molar-refractivity contribution in [2.24, 2.45) is 0 Å². The van der Waals surface area contributed by atoms with Crippen LogP contribution < -0.4 is 5.32 Å². The maximum Gasteiger partial charge on any atom is 0.236 e. The van der Waals surface area contributed by atoms with Gasteiger partial charge in [-0.25, -0.2) is 4.98 Å². The smallest absolute Gasteiger partial charge is 0.236 e. The van der Waals surface area contributed by atoms with E-state index in [9.17, 15) is 9.59 Å². The predicted octanol–water partition coefficient (Wildman–Crippen LogP) is 3.24. The maximum absolute atomic E-state index is 11.6. The minimum Gasteiger partial charge on any atom is -0.301 e. The van der Waals surface area contributed by atoms with E-state index < -0.39 is 0 Å². The van der Waals surface area contributed by atoms with Gasteiger partial charge in [0.25, 0.3) is 0 Å². The van der Waals surface area contributed by atoms with Crippen molar-refractivity contribution in [2.75, 3.05) is 17.3 Å². The number of thiazole rings is 1. The SMILES string of the molecule is CSc1cccc2sc(NC(=O)CSC(C)=O)nc12. The Balaban J connectivity index is 2.13. The highest BCUT2D eigenvalue weighted by atomic mass is 32.2. The number of aromatic nitrogens is 1. The maximum atomic E-state index is 11.6. The zero-order chi connectivity index (χ0) is 13.8. The summed E-state index contributed by atoms with van der Waals surface area (Å²) in [7, 11) is 0. The summed E-state index contributed by atoms with van der Waals surface area (Å²) in [5.74, 6) is -0.0781. The molecule has 0 aliphatic rings. The van der Waals surface area contributed by atoms with Crippen LogP contribution >= 0.6 is 34.9 Å². The van der Waals surface area contributed by atoms with E-state index in [2.05, 4.69) is 10.3 Å². The first-order chi connectivity index (χ1) is 9.10. The standard InChI is InChI=1S/C12H12N2O2S3/c1-7(15)18-6-10(16)13-12-14-11-8(17-2)4-3-5-9(11)19-12/h3-5H,6H2,1-2H3,(H,13,14,16). The number of thioether (sulfide) groups is 2. The highest BCUT2D eigenvalue weighted by Crippen LogP contribution is 2.32. The molecule has 2 rings (SSSR count). The largest absolute Gasteiger partial charge is 0.301 e. The molecule has 7 heteroatoms. The van der Waals surface area contributed by atoms with Crippen molar-refractivity contribution < 1.29 is 9.59 Å². The second kappa shape index (κ2) is 6.40. The molecule has 100 valence electrons. The molecule has 0 saturated carbocycles. The van der Waals surface area contributed by atoms with Gasteiger partial charge in [-0.15, -0.1) is 11.8 Å². The average molecular weight is 312 g/mol. The van der Waals surface area contributed by atoms with E-state index in [0.29, 0.717) is 5.13 Å². The van der Waals surface area contributed by atoms with Gasteiger partial charge in [0.15, 0.2) is 10.2 Å². The van der Waals surface area contributed by atoms with Crippen LogP contribution in [-0.2, 0) is 9.59 Å². The van der Waals surface area contributed by atoms with Crippen LogP contribution in [0.5, 0.6) is 0 Å². The molecule has 0 aliphatic heterocycles. The Kier molecular flexibility index (Phi) is 4.84. The summed E-state index contributed by atoms with van der Waals surface area (Å²) >= 11 is 4.06. The van der Waals surface area contributed by atoms with Gasteiger partial charge in [0.2, 0.25) is 5.91 Å². The van der Waals surface area contributed by atoms with Crippen molar-refractivity contribution >= 4 is 61.2 Å². The van der Waals surface area contributed by atoms with Crippen LogP contribution in [0.2, 0.25) is 0 Å². The second-order valence-corrected chi connectivity index (χ2v) is 6.69. The first kappa shape index (κ1) is 14.4. The van der Waals surface area contributed by atoms with Gasteiger partial charge in [0, 0.05) is 11.8 Å². The highest BCUT2D eigenvalue weighted by Gasteiger charge is 2.10. The molecule has 19 heavy (non-hydrogen) atoms. The molecule has 0 aliphatic carbocycles. The summed E-state index contributed by atoms with van der Waals surface area (Å²) in [4.78, 5) is 27.9. The van der Waals surface area contributed by atoms with Gasteiger partial charge in [0.1, 0.15) is 0 Å². The molecule has 0 bridgehead atoms. The molecule has 1 aromatic heterocycles. The monoisotopic (exact) mass is 312 g/mol. The molecule has 1 heterocycles. The van der Waals surface area contributed by atoms with Gasteiger partial charge in [-0.05, 0) is 18.4 Å². The Hall–Kier alpha value is -1.05. The van der Waals surface area contributed by atoms with Crippen molar-refractivity contribution in [3.05, 3.63) is 18.2 Å². The lowest BCUT2D eigenvalue weighted by atomic mass is 10.3. The number of hydrogen-bond acceptors (Lipinski definition) is 6. The fourth-order valence-electron chi connectivity index (χ4n) is 1.46. The molecule has 1 N–H and O–H groups in total. The van der Waals surface area contributed by atoms with Gasteiger partial charge in [-0.2, -0.15) is 0 Å². The van der Waals surface area contributed by atoms with Gasteiger partial charge >= 0.3 is 0 Å². The van der Waals surface area contributed by atoms with E-state index in [1.54, 1.807) is 11.8 Å². The minimum atomic E-state index is -0.204. The lowest BCUT2D eigenvalue weighted by Crippen LogP contribution is -2.14. The molecule has 2 aromatic rings. The van der Waals surface area contributed by atoms with E-state index in [0.717, 1.165) is 26.9 Å². The third-order valence-electron chi connectivity index (χ3n) is 2.25. The zero-order valence-electron chi connectivity index (χ0n) is 10.4. The summed E-state index contributed by atoms with van der Waals surface area (Å²) in [6.07, 6.45) is 2.00. The molecule has 1 aromatic carbocycles. The van der Waals surface area contributed by atoms with Crippen LogP contribution in [-0.4, -0.2) is 28.0 Å². The number of carbonyl (C=O) groups is 2. The Morgan fingerprint density at radius 2 is 2.21 bits per heavy atom. The first-order valence-corrected chi connectivity index (χ1v) is 8.49. The molecule has 0 atom stereocenters. The number of rotatable bonds is 4. The highest BCUT2D eigenvalue weighted by molar-refractivity contribution is 8.14. The Labute approximate surface area is 123 Å². The van der Waals surface area contributed by atoms with Gasteiger partial charge in [0.05, 0.1) is 16.0 Å². The number of hydrogen-bond donors (Lipinski definition) is 1. The number of nitrogens with one attached hydrogen (secondary N) is 1. The Bertz CT molecular complexity index is 624. The number of anilines is 1. The molecular weight excluding hydrogens is 300 g/mol. The first-order valence-electron chi connectivity index (χ1n) is 5.47. The molecule has 0 unspecified atom stereocenters. The molecule has 0 radical (unpaired) electrons. The molecule has 4 nitrogen and oxygen atoms in total. The zero-order valence-corrected chi connectivity index (χ0v) is 12.9. The van der Waals surface area contributed by atoms with Crippen LogP contribution in [0.15, 0.2) is 23.1 Å². The van der Waals surface area contributed by atoms with E-state index >= 15 is 0 Å². The fraction of sp³-hybridized carbons (Fsp3) is 0.250. The number of para-hydroxylation sites is 1. The van der Waals surface area contributed by atoms with Crippen LogP contribution in [0.1, 0.15) is 6.92 Å². The quantitative estimate of drug-likeness (QED) is 0.878. The van der Waals surface area contributed by atoms with Gasteiger partial charge in [-0.3, -0.25) is 9.59 Å². The molecule has 0 spiro atoms. The third kappa shape index (κ3) is 3.71. The molecule has 0 fully saturated rings. The lowest BCUT2D eigenvalue weighted by Gasteiger charge is -1.98. The number of nitrogens with zero attached hydrogens (tertiary/aromatic N) is 1. The normalized spacial score (nSPS) is 10.6. The van der Waals surface area contributed by atoms with Crippen molar-refractivity contribution in [1.82, 2.24) is 4.98 Å². The summed E-state index contributed by atoms with van der Waals surface area (Å²) in [5, 5.41) is 3.23. The van der Waals surface area contributed by atoms with Gasteiger partial charge in [-0.1, -0.05) is 29.2 Å². The van der Waals surface area contributed by atoms with Crippen molar-refractivity contribution in [3.8, 4) is 0 Å². The Morgan fingerprint density at radius 1 is 1.42 bits per heavy atom. The summed E-state index contributed by atoms with van der Waals surface area (Å²) in [5.41, 5.74) is 0.912. The number of carbonyl (C=O) groups excluding carboxylic acids is 2. The number of benzene rings is 1. The Morgan fingerprint density at radius 3 is 2.89 bits per heavy atom. The van der Waals surface area contributed by atoms with Crippen LogP contribution in [0, 0.1) is 0 Å². The molecule has 0 saturated heterocycles. The van der Waals surface area contributed by atoms with E-state index in [4.69, 9.17) is 0 Å². The lowest BCUT2D eigenvalue weighted by molar-refractivity contribution is -0.114. The van der Waals surface area contributed by atoms with E-state index in [1.165, 1.54) is 18.3 Å². The van der Waals surface area contributed by atoms with Crippen LogP contribution in [0.4, 0.5) is 5.13 Å². The van der Waals surface area contributed by atoms with E-state index in [-0.39, 0.29) is 16.8 Å². The number of fused-ring (bicyclic) bond motifs is 1. The second-order valence-electron chi connectivity index (χ2n) is 3.65. The van der Waals surface area contributed by atoms with Crippen LogP contribution in [0.25, 0.3) is 10.2 Å². The van der Waals surface area contributed by atoms with Crippen LogP contribution in [0.3, 0.4) is 0 Å². The summed E-state index contributed by atoms with van der Waals surface area (Å²) in [6, 6.07) is 5.96. The van der Waals surface area contributed by atoms with E-state index in [1.807, 2.05) is 24.5 Å². The average Bonchev–Trinajstić information content (AvgIpc) is 2.78. The van der Waals surface area contributed by atoms with Crippen molar-refractivity contribution in [2.45, 2.75) is 11.8 Å². The van der Waals surface area contributed by atoms with Gasteiger partial charge < -0.3 is 5.32 Å². The van der Waals surface area contributed by atoms with Crippen molar-refractivity contribution in [3.63, 3.8) is 0 Å². The summed E-state index contributed by atoms with van der Waals surface area (Å²) in [6.45, 7) is 1.44. The number of amides is 1. The summed E-state index contributed by atoms with van der Waals surface area (Å²) < 4.78 is 1.04. The fourth-order valence-corrected chi connectivity index (χ4v) is 3.41. The predicted molar refractivity (Wildman–Crippen MR) is 83.2 cm³/mol. The topological polar surface area (TPSA) is 59.1 Å². The third-order valence-corrected chi connectivity index (χ3v) is 4.77. The molecule has 1 amide bonds. The van der Waals surface area contributed by atoms with Crippen molar-refractivity contribution in [1.29, 1.82) is 0 Å². The minimum absolute atomic E-state index is 0.0656.